The standard InChI is InChI=1S/C11H18N6/c1-8(6-12)7-16(3)10-11-15-14-9(2)17(11)5-4-13-10/h4-5,8H,6-7,12H2,1-3H3. The van der Waals surface area contributed by atoms with E-state index in [1.165, 1.54) is 0 Å². The predicted octanol–water partition coefficient (Wildman–Crippen LogP) is 0.464. The summed E-state index contributed by atoms with van der Waals surface area (Å²) in [5.74, 6) is 2.13. The Morgan fingerprint density at radius 3 is 2.94 bits per heavy atom. The zero-order valence-electron chi connectivity index (χ0n) is 10.5. The monoisotopic (exact) mass is 234 g/mol. The first-order chi connectivity index (χ1) is 8.13. The molecule has 2 aromatic heterocycles. The number of hydrogen-bond donors (Lipinski definition) is 1. The lowest BCUT2D eigenvalue weighted by atomic mass is 10.2. The van der Waals surface area contributed by atoms with E-state index in [2.05, 4.69) is 27.0 Å². The SMILES string of the molecule is Cc1nnc2c(N(C)CC(C)CN)nccn12. The van der Waals surface area contributed by atoms with Crippen molar-refractivity contribution >= 4 is 11.5 Å². The highest BCUT2D eigenvalue weighted by Crippen LogP contribution is 2.16. The van der Waals surface area contributed by atoms with E-state index in [1.807, 2.05) is 24.6 Å². The molecule has 2 N–H and O–H groups in total. The van der Waals surface area contributed by atoms with Gasteiger partial charge in [-0.2, -0.15) is 0 Å². The summed E-state index contributed by atoms with van der Waals surface area (Å²) in [4.78, 5) is 6.44. The van der Waals surface area contributed by atoms with E-state index in [9.17, 15) is 0 Å². The number of rotatable bonds is 4. The molecule has 6 heteroatoms. The summed E-state index contributed by atoms with van der Waals surface area (Å²) in [6, 6.07) is 0. The van der Waals surface area contributed by atoms with Crippen molar-refractivity contribution in [1.29, 1.82) is 0 Å². The van der Waals surface area contributed by atoms with Gasteiger partial charge in [0.15, 0.2) is 5.82 Å². The Morgan fingerprint density at radius 2 is 2.24 bits per heavy atom. The van der Waals surface area contributed by atoms with Crippen LogP contribution in [0.25, 0.3) is 5.65 Å². The first kappa shape index (κ1) is 11.8. The second-order valence-electron chi connectivity index (χ2n) is 4.41. The summed E-state index contributed by atoms with van der Waals surface area (Å²) in [7, 11) is 2.00. The first-order valence-corrected chi connectivity index (χ1v) is 5.71. The lowest BCUT2D eigenvalue weighted by Gasteiger charge is -2.21. The number of anilines is 1. The minimum atomic E-state index is 0.422. The van der Waals surface area contributed by atoms with Crippen LogP contribution in [0.5, 0.6) is 0 Å². The van der Waals surface area contributed by atoms with Crippen LogP contribution >= 0.6 is 0 Å². The molecule has 17 heavy (non-hydrogen) atoms. The maximum Gasteiger partial charge on any atom is 0.203 e. The first-order valence-electron chi connectivity index (χ1n) is 5.71. The highest BCUT2D eigenvalue weighted by Gasteiger charge is 2.13. The lowest BCUT2D eigenvalue weighted by Crippen LogP contribution is -2.29. The molecular weight excluding hydrogens is 216 g/mol. The maximum atomic E-state index is 5.63. The molecule has 0 aliphatic rings. The fourth-order valence-electron chi connectivity index (χ4n) is 1.83. The van der Waals surface area contributed by atoms with Crippen LogP contribution < -0.4 is 10.6 Å². The molecule has 0 aliphatic heterocycles. The Hall–Kier alpha value is -1.69. The zero-order chi connectivity index (χ0) is 12.4. The van der Waals surface area contributed by atoms with E-state index in [4.69, 9.17) is 5.73 Å². The van der Waals surface area contributed by atoms with Gasteiger partial charge in [-0.1, -0.05) is 6.92 Å². The van der Waals surface area contributed by atoms with E-state index in [0.717, 1.165) is 23.8 Å². The number of nitrogens with zero attached hydrogens (tertiary/aromatic N) is 5. The minimum absolute atomic E-state index is 0.422. The van der Waals surface area contributed by atoms with E-state index in [0.29, 0.717) is 12.5 Å². The number of hydrogen-bond acceptors (Lipinski definition) is 5. The highest BCUT2D eigenvalue weighted by atomic mass is 15.3. The van der Waals surface area contributed by atoms with Gasteiger partial charge in [0.2, 0.25) is 5.65 Å². The third-order valence-electron chi connectivity index (χ3n) is 2.83. The quantitative estimate of drug-likeness (QED) is 0.832. The molecule has 6 nitrogen and oxygen atoms in total. The molecule has 0 saturated carbocycles. The predicted molar refractivity (Wildman–Crippen MR) is 67.0 cm³/mol. The van der Waals surface area contributed by atoms with E-state index in [1.54, 1.807) is 6.20 Å². The Morgan fingerprint density at radius 1 is 1.47 bits per heavy atom. The van der Waals surface area contributed by atoms with Crippen LogP contribution in [0.1, 0.15) is 12.7 Å². The summed E-state index contributed by atoms with van der Waals surface area (Å²) >= 11 is 0. The molecule has 0 amide bonds. The fourth-order valence-corrected chi connectivity index (χ4v) is 1.83. The van der Waals surface area contributed by atoms with Gasteiger partial charge in [0, 0.05) is 26.0 Å². The van der Waals surface area contributed by atoms with Gasteiger partial charge in [-0.15, -0.1) is 10.2 Å². The average Bonchev–Trinajstić information content (AvgIpc) is 2.71. The number of aromatic nitrogens is 4. The third-order valence-corrected chi connectivity index (χ3v) is 2.83. The molecular formula is C11H18N6. The second kappa shape index (κ2) is 4.67. The smallest absolute Gasteiger partial charge is 0.203 e. The number of aryl methyl sites for hydroxylation is 1. The van der Waals surface area contributed by atoms with Crippen LogP contribution in [0.15, 0.2) is 12.4 Å². The summed E-state index contributed by atoms with van der Waals surface area (Å²) in [6.07, 6.45) is 3.64. The van der Waals surface area contributed by atoms with Gasteiger partial charge in [0.1, 0.15) is 5.82 Å². The van der Waals surface area contributed by atoms with Gasteiger partial charge in [-0.3, -0.25) is 4.40 Å². The molecule has 0 saturated heterocycles. The highest BCUT2D eigenvalue weighted by molar-refractivity contribution is 5.63. The Balaban J connectivity index is 2.34. The molecule has 0 radical (unpaired) electrons. The van der Waals surface area contributed by atoms with Crippen LogP contribution in [0.2, 0.25) is 0 Å². The van der Waals surface area contributed by atoms with Crippen molar-refractivity contribution in [2.75, 3.05) is 25.0 Å². The van der Waals surface area contributed by atoms with E-state index < -0.39 is 0 Å². The van der Waals surface area contributed by atoms with Gasteiger partial charge in [0.05, 0.1) is 0 Å². The van der Waals surface area contributed by atoms with Crippen molar-refractivity contribution in [2.24, 2.45) is 11.7 Å². The van der Waals surface area contributed by atoms with Crippen molar-refractivity contribution in [3.05, 3.63) is 18.2 Å². The topological polar surface area (TPSA) is 72.3 Å². The van der Waals surface area contributed by atoms with Gasteiger partial charge < -0.3 is 10.6 Å². The normalized spacial score (nSPS) is 12.9. The van der Waals surface area contributed by atoms with Gasteiger partial charge in [-0.25, -0.2) is 4.98 Å². The minimum Gasteiger partial charge on any atom is -0.356 e. The van der Waals surface area contributed by atoms with Crippen LogP contribution in [-0.4, -0.2) is 39.7 Å². The Bertz CT molecular complexity index is 506. The summed E-state index contributed by atoms with van der Waals surface area (Å²) < 4.78 is 1.94. The maximum absolute atomic E-state index is 5.63. The molecule has 2 aromatic rings. The fraction of sp³-hybridized carbons (Fsp3) is 0.545. The average molecular weight is 234 g/mol. The Labute approximate surface area is 100 Å². The molecule has 2 rings (SSSR count). The van der Waals surface area contributed by atoms with Crippen LogP contribution in [0, 0.1) is 12.8 Å². The van der Waals surface area contributed by atoms with Crippen LogP contribution in [-0.2, 0) is 0 Å². The van der Waals surface area contributed by atoms with Crippen molar-refractivity contribution < 1.29 is 0 Å². The molecule has 1 atom stereocenters. The molecule has 92 valence electrons. The zero-order valence-corrected chi connectivity index (χ0v) is 10.5. The second-order valence-corrected chi connectivity index (χ2v) is 4.41. The lowest BCUT2D eigenvalue weighted by molar-refractivity contribution is 0.587. The van der Waals surface area contributed by atoms with Gasteiger partial charge in [0.25, 0.3) is 0 Å². The number of nitrogens with two attached hydrogens (primary N) is 1. The molecule has 0 aliphatic carbocycles. The van der Waals surface area contributed by atoms with E-state index >= 15 is 0 Å². The summed E-state index contributed by atoms with van der Waals surface area (Å²) in [5, 5.41) is 8.21. The molecule has 1 unspecified atom stereocenters. The summed E-state index contributed by atoms with van der Waals surface area (Å²) in [5.41, 5.74) is 6.42. The summed E-state index contributed by atoms with van der Waals surface area (Å²) in [6.45, 7) is 5.56. The third kappa shape index (κ3) is 2.21. The molecule has 0 aromatic carbocycles. The van der Waals surface area contributed by atoms with Crippen LogP contribution in [0.3, 0.4) is 0 Å². The van der Waals surface area contributed by atoms with Gasteiger partial charge >= 0.3 is 0 Å². The van der Waals surface area contributed by atoms with Crippen molar-refractivity contribution in [2.45, 2.75) is 13.8 Å². The molecule has 0 bridgehead atoms. The molecule has 2 heterocycles. The molecule has 0 fully saturated rings. The van der Waals surface area contributed by atoms with Crippen LogP contribution in [0.4, 0.5) is 5.82 Å². The Kier molecular flexibility index (Phi) is 3.23. The van der Waals surface area contributed by atoms with Crippen molar-refractivity contribution in [3.63, 3.8) is 0 Å². The van der Waals surface area contributed by atoms with Crippen molar-refractivity contribution in [1.82, 2.24) is 19.6 Å². The largest absolute Gasteiger partial charge is 0.356 e. The number of fused-ring (bicyclic) bond motifs is 1. The van der Waals surface area contributed by atoms with E-state index in [-0.39, 0.29) is 0 Å². The van der Waals surface area contributed by atoms with Crippen molar-refractivity contribution in [3.8, 4) is 0 Å². The molecule has 0 spiro atoms. The van der Waals surface area contributed by atoms with Gasteiger partial charge in [-0.05, 0) is 19.4 Å².